The Kier molecular flexibility index (Phi) is 4.46. The number of benzene rings is 1. The third-order valence-corrected chi connectivity index (χ3v) is 2.49. The molecule has 1 amide bonds. The molecule has 0 aliphatic carbocycles. The molecule has 1 atom stereocenters. The van der Waals surface area contributed by atoms with Gasteiger partial charge in [-0.2, -0.15) is 0 Å². The first kappa shape index (κ1) is 12.7. The summed E-state index contributed by atoms with van der Waals surface area (Å²) in [6, 6.07) is 6.19. The van der Waals surface area contributed by atoms with Crippen molar-refractivity contribution in [1.82, 2.24) is 5.32 Å². The fourth-order valence-electron chi connectivity index (χ4n) is 1.43. The van der Waals surface area contributed by atoms with Crippen LogP contribution in [0, 0.1) is 13.8 Å². The van der Waals surface area contributed by atoms with Crippen molar-refractivity contribution in [1.29, 1.82) is 0 Å². The van der Waals surface area contributed by atoms with Crippen LogP contribution in [-0.4, -0.2) is 23.7 Å². The highest BCUT2D eigenvalue weighted by atomic mass is 16.3. The van der Waals surface area contributed by atoms with Gasteiger partial charge in [0.1, 0.15) is 6.10 Å². The summed E-state index contributed by atoms with van der Waals surface area (Å²) in [6.45, 7) is 4.86. The maximum atomic E-state index is 10.6. The maximum Gasteiger partial charge on any atom is 0.247 e. The summed E-state index contributed by atoms with van der Waals surface area (Å²) >= 11 is 0. The third kappa shape index (κ3) is 3.64. The maximum absolute atomic E-state index is 10.6. The summed E-state index contributed by atoms with van der Waals surface area (Å²) in [5.74, 6) is -0.700. The first-order valence-corrected chi connectivity index (χ1v) is 5.25. The average Bonchev–Trinajstić information content (AvgIpc) is 2.22. The Labute approximate surface area is 95.5 Å². The SMILES string of the molecule is Cc1ccc(C)c(CNCC(O)C(N)=O)c1. The molecule has 88 valence electrons. The molecule has 0 aliphatic heterocycles. The van der Waals surface area contributed by atoms with Crippen molar-refractivity contribution in [3.8, 4) is 0 Å². The van der Waals surface area contributed by atoms with Gasteiger partial charge in [-0.15, -0.1) is 0 Å². The van der Waals surface area contributed by atoms with Gasteiger partial charge < -0.3 is 16.2 Å². The van der Waals surface area contributed by atoms with E-state index in [1.165, 1.54) is 11.1 Å². The first-order valence-electron chi connectivity index (χ1n) is 5.25. The molecule has 4 heteroatoms. The summed E-state index contributed by atoms with van der Waals surface area (Å²) < 4.78 is 0. The molecule has 16 heavy (non-hydrogen) atoms. The molecule has 1 aromatic carbocycles. The number of nitrogens with two attached hydrogens (primary N) is 1. The molecule has 1 rings (SSSR count). The molecule has 4 nitrogen and oxygen atoms in total. The van der Waals surface area contributed by atoms with Crippen LogP contribution in [0.2, 0.25) is 0 Å². The molecule has 0 radical (unpaired) electrons. The van der Waals surface area contributed by atoms with Crippen molar-refractivity contribution >= 4 is 5.91 Å². The minimum atomic E-state index is -1.12. The number of aliphatic hydroxyl groups excluding tert-OH is 1. The van der Waals surface area contributed by atoms with Gasteiger partial charge in [-0.05, 0) is 25.0 Å². The third-order valence-electron chi connectivity index (χ3n) is 2.49. The Hall–Kier alpha value is -1.39. The van der Waals surface area contributed by atoms with Gasteiger partial charge in [0.2, 0.25) is 5.91 Å². The molecule has 0 aliphatic rings. The fraction of sp³-hybridized carbons (Fsp3) is 0.417. The number of aryl methyl sites for hydroxylation is 2. The molecule has 0 saturated heterocycles. The molecule has 0 spiro atoms. The van der Waals surface area contributed by atoms with E-state index in [1.807, 2.05) is 13.8 Å². The molecule has 4 N–H and O–H groups in total. The van der Waals surface area contributed by atoms with Crippen molar-refractivity contribution in [2.24, 2.45) is 5.73 Å². The van der Waals surface area contributed by atoms with Crippen LogP contribution in [0.3, 0.4) is 0 Å². The Morgan fingerprint density at radius 1 is 1.50 bits per heavy atom. The van der Waals surface area contributed by atoms with Crippen LogP contribution in [0.4, 0.5) is 0 Å². The van der Waals surface area contributed by atoms with Crippen molar-refractivity contribution in [3.63, 3.8) is 0 Å². The molecule has 0 bridgehead atoms. The van der Waals surface area contributed by atoms with Crippen molar-refractivity contribution in [3.05, 3.63) is 34.9 Å². The molecule has 0 heterocycles. The van der Waals surface area contributed by atoms with Gasteiger partial charge in [0.05, 0.1) is 0 Å². The lowest BCUT2D eigenvalue weighted by Gasteiger charge is -2.10. The van der Waals surface area contributed by atoms with E-state index in [9.17, 15) is 9.90 Å². The minimum absolute atomic E-state index is 0.183. The zero-order chi connectivity index (χ0) is 12.1. The van der Waals surface area contributed by atoms with Crippen molar-refractivity contribution < 1.29 is 9.90 Å². The number of rotatable bonds is 5. The Morgan fingerprint density at radius 3 is 2.81 bits per heavy atom. The Balaban J connectivity index is 2.48. The summed E-state index contributed by atoms with van der Waals surface area (Å²) in [7, 11) is 0. The zero-order valence-electron chi connectivity index (χ0n) is 9.66. The first-order chi connectivity index (χ1) is 7.50. The van der Waals surface area contributed by atoms with E-state index in [1.54, 1.807) is 0 Å². The summed E-state index contributed by atoms with van der Waals surface area (Å²) in [4.78, 5) is 10.6. The number of carbonyl (C=O) groups excluding carboxylic acids is 1. The fourth-order valence-corrected chi connectivity index (χ4v) is 1.43. The van der Waals surface area contributed by atoms with Crippen LogP contribution in [0.25, 0.3) is 0 Å². The summed E-state index contributed by atoms with van der Waals surface area (Å²) in [5, 5.41) is 12.2. The normalized spacial score (nSPS) is 12.4. The van der Waals surface area contributed by atoms with E-state index < -0.39 is 12.0 Å². The van der Waals surface area contributed by atoms with E-state index in [0.717, 1.165) is 5.56 Å². The van der Waals surface area contributed by atoms with Gasteiger partial charge in [-0.1, -0.05) is 23.8 Å². The lowest BCUT2D eigenvalue weighted by molar-refractivity contribution is -0.125. The number of hydrogen-bond acceptors (Lipinski definition) is 3. The molecule has 1 aromatic rings. The highest BCUT2D eigenvalue weighted by Crippen LogP contribution is 2.09. The molecule has 0 aromatic heterocycles. The molecule has 0 saturated carbocycles. The molecule has 0 fully saturated rings. The van der Waals surface area contributed by atoms with Crippen LogP contribution in [0.5, 0.6) is 0 Å². The van der Waals surface area contributed by atoms with Gasteiger partial charge in [0, 0.05) is 13.1 Å². The van der Waals surface area contributed by atoms with E-state index in [-0.39, 0.29) is 6.54 Å². The van der Waals surface area contributed by atoms with Gasteiger partial charge in [0.25, 0.3) is 0 Å². The number of hydrogen-bond donors (Lipinski definition) is 3. The largest absolute Gasteiger partial charge is 0.382 e. The monoisotopic (exact) mass is 222 g/mol. The zero-order valence-corrected chi connectivity index (χ0v) is 9.66. The number of carbonyl (C=O) groups is 1. The number of aliphatic hydroxyl groups is 1. The summed E-state index contributed by atoms with van der Waals surface area (Å²) in [6.07, 6.45) is -1.12. The number of primary amides is 1. The standard InChI is InChI=1S/C12H18N2O2/c1-8-3-4-9(2)10(5-8)6-14-7-11(15)12(13)16/h3-5,11,14-15H,6-7H2,1-2H3,(H2,13,16). The van der Waals surface area contributed by atoms with E-state index in [2.05, 4.69) is 23.5 Å². The van der Waals surface area contributed by atoms with Gasteiger partial charge in [-0.3, -0.25) is 4.79 Å². The predicted octanol–water partition coefficient (Wildman–Crippen LogP) is 0.239. The van der Waals surface area contributed by atoms with Gasteiger partial charge in [0.15, 0.2) is 0 Å². The van der Waals surface area contributed by atoms with E-state index in [4.69, 9.17) is 5.73 Å². The second-order valence-electron chi connectivity index (χ2n) is 3.98. The van der Waals surface area contributed by atoms with Crippen LogP contribution >= 0.6 is 0 Å². The molecular weight excluding hydrogens is 204 g/mol. The topological polar surface area (TPSA) is 75.3 Å². The lowest BCUT2D eigenvalue weighted by atomic mass is 10.1. The average molecular weight is 222 g/mol. The minimum Gasteiger partial charge on any atom is -0.382 e. The van der Waals surface area contributed by atoms with Gasteiger partial charge >= 0.3 is 0 Å². The second kappa shape index (κ2) is 5.63. The van der Waals surface area contributed by atoms with E-state index in [0.29, 0.717) is 6.54 Å². The predicted molar refractivity (Wildman–Crippen MR) is 62.8 cm³/mol. The molecular formula is C12H18N2O2. The van der Waals surface area contributed by atoms with Crippen molar-refractivity contribution in [2.45, 2.75) is 26.5 Å². The van der Waals surface area contributed by atoms with Crippen LogP contribution in [-0.2, 0) is 11.3 Å². The summed E-state index contributed by atoms with van der Waals surface area (Å²) in [5.41, 5.74) is 8.48. The van der Waals surface area contributed by atoms with Crippen molar-refractivity contribution in [2.75, 3.05) is 6.54 Å². The second-order valence-corrected chi connectivity index (χ2v) is 3.98. The van der Waals surface area contributed by atoms with Crippen LogP contribution < -0.4 is 11.1 Å². The van der Waals surface area contributed by atoms with Crippen LogP contribution in [0.1, 0.15) is 16.7 Å². The van der Waals surface area contributed by atoms with E-state index >= 15 is 0 Å². The Morgan fingerprint density at radius 2 is 2.19 bits per heavy atom. The number of nitrogens with one attached hydrogen (secondary N) is 1. The highest BCUT2D eigenvalue weighted by molar-refractivity contribution is 5.78. The smallest absolute Gasteiger partial charge is 0.247 e. The quantitative estimate of drug-likeness (QED) is 0.668. The number of amides is 1. The van der Waals surface area contributed by atoms with Crippen LogP contribution in [0.15, 0.2) is 18.2 Å². The van der Waals surface area contributed by atoms with Gasteiger partial charge in [-0.25, -0.2) is 0 Å². The lowest BCUT2D eigenvalue weighted by Crippen LogP contribution is -2.37. The Bertz CT molecular complexity index is 377. The molecule has 1 unspecified atom stereocenters. The highest BCUT2D eigenvalue weighted by Gasteiger charge is 2.09.